The molecule has 1 aromatic heterocycles. The van der Waals surface area contributed by atoms with Gasteiger partial charge in [0, 0.05) is 19.9 Å². The van der Waals surface area contributed by atoms with Gasteiger partial charge in [0.2, 0.25) is 0 Å². The summed E-state index contributed by atoms with van der Waals surface area (Å²) in [5.74, 6) is 0. The molecule has 1 rings (SSSR count). The number of nitrogens with zero attached hydrogens (tertiary/aromatic N) is 2. The van der Waals surface area contributed by atoms with Crippen molar-refractivity contribution < 1.29 is 5.11 Å². The van der Waals surface area contributed by atoms with Crippen molar-refractivity contribution in [3.63, 3.8) is 0 Å². The molecule has 0 radical (unpaired) electrons. The molecule has 3 nitrogen and oxygen atoms in total. The van der Waals surface area contributed by atoms with Crippen molar-refractivity contribution in [1.82, 2.24) is 9.55 Å². The fraction of sp³-hybridized carbons (Fsp3) is 0.571. The van der Waals surface area contributed by atoms with Gasteiger partial charge in [-0.1, -0.05) is 0 Å². The smallest absolute Gasteiger partial charge is 0.0946 e. The van der Waals surface area contributed by atoms with Crippen LogP contribution in [-0.2, 0) is 13.5 Å². The van der Waals surface area contributed by atoms with E-state index in [2.05, 4.69) is 4.98 Å². The van der Waals surface area contributed by atoms with E-state index in [0.717, 1.165) is 18.5 Å². The van der Waals surface area contributed by atoms with Gasteiger partial charge in [0.05, 0.1) is 12.0 Å². The third-order valence-corrected chi connectivity index (χ3v) is 1.35. The minimum atomic E-state index is 0.247. The number of hydrogen-bond donors (Lipinski definition) is 1. The number of aliphatic hydroxyl groups is 1. The van der Waals surface area contributed by atoms with Crippen LogP contribution < -0.4 is 0 Å². The molecule has 10 heavy (non-hydrogen) atoms. The lowest BCUT2D eigenvalue weighted by Gasteiger charge is -1.90. The lowest BCUT2D eigenvalue weighted by Crippen LogP contribution is -1.88. The van der Waals surface area contributed by atoms with Crippen LogP contribution >= 0.6 is 0 Å². The summed E-state index contributed by atoms with van der Waals surface area (Å²) in [5.41, 5.74) is 1.05. The highest BCUT2D eigenvalue weighted by molar-refractivity contribution is 4.95. The highest BCUT2D eigenvalue weighted by Crippen LogP contribution is 1.97. The molecule has 0 saturated heterocycles. The van der Waals surface area contributed by atoms with E-state index in [1.807, 2.05) is 17.8 Å². The molecule has 0 amide bonds. The van der Waals surface area contributed by atoms with Crippen LogP contribution in [-0.4, -0.2) is 21.3 Å². The van der Waals surface area contributed by atoms with Crippen LogP contribution in [0.25, 0.3) is 0 Å². The average Bonchev–Trinajstić information content (AvgIpc) is 2.31. The van der Waals surface area contributed by atoms with Gasteiger partial charge in [-0.2, -0.15) is 0 Å². The number of aryl methyl sites for hydroxylation is 2. The predicted molar refractivity (Wildman–Crippen MR) is 38.6 cm³/mol. The monoisotopic (exact) mass is 140 g/mol. The molecular formula is C7H12N2O. The van der Waals surface area contributed by atoms with E-state index in [1.165, 1.54) is 0 Å². The summed E-state index contributed by atoms with van der Waals surface area (Å²) in [4.78, 5) is 4.11. The van der Waals surface area contributed by atoms with Gasteiger partial charge in [0.1, 0.15) is 0 Å². The average molecular weight is 140 g/mol. The van der Waals surface area contributed by atoms with Gasteiger partial charge in [-0.3, -0.25) is 0 Å². The Kier molecular flexibility index (Phi) is 2.45. The zero-order valence-electron chi connectivity index (χ0n) is 6.12. The maximum Gasteiger partial charge on any atom is 0.0946 e. The van der Waals surface area contributed by atoms with Gasteiger partial charge in [-0.25, -0.2) is 4.98 Å². The Bertz CT molecular complexity index is 195. The van der Waals surface area contributed by atoms with Gasteiger partial charge < -0.3 is 9.67 Å². The van der Waals surface area contributed by atoms with E-state index < -0.39 is 0 Å². The number of hydrogen-bond acceptors (Lipinski definition) is 2. The minimum absolute atomic E-state index is 0.247. The Morgan fingerprint density at radius 3 is 3.00 bits per heavy atom. The van der Waals surface area contributed by atoms with E-state index in [-0.39, 0.29) is 6.61 Å². The molecule has 0 bridgehead atoms. The first-order valence-corrected chi connectivity index (χ1v) is 3.40. The van der Waals surface area contributed by atoms with Crippen LogP contribution in [0.1, 0.15) is 12.1 Å². The standard InChI is InChI=1S/C7H12N2O/c1-9-5-7(8-6-9)3-2-4-10/h5-6,10H,2-4H2,1H3. The number of imidazole rings is 1. The van der Waals surface area contributed by atoms with Crippen LogP contribution in [0.15, 0.2) is 12.5 Å². The number of aliphatic hydroxyl groups excluding tert-OH is 1. The molecule has 1 aromatic rings. The zero-order chi connectivity index (χ0) is 7.40. The molecule has 0 unspecified atom stereocenters. The first kappa shape index (κ1) is 7.28. The second-order valence-corrected chi connectivity index (χ2v) is 2.36. The van der Waals surface area contributed by atoms with Crippen LogP contribution in [0.2, 0.25) is 0 Å². The van der Waals surface area contributed by atoms with Crippen molar-refractivity contribution in [2.45, 2.75) is 12.8 Å². The number of rotatable bonds is 3. The van der Waals surface area contributed by atoms with Crippen molar-refractivity contribution in [3.05, 3.63) is 18.2 Å². The van der Waals surface area contributed by atoms with Gasteiger partial charge >= 0.3 is 0 Å². The van der Waals surface area contributed by atoms with Crippen LogP contribution in [0.3, 0.4) is 0 Å². The molecule has 0 saturated carbocycles. The largest absolute Gasteiger partial charge is 0.396 e. The fourth-order valence-corrected chi connectivity index (χ4v) is 0.856. The molecule has 0 spiro atoms. The summed E-state index contributed by atoms with van der Waals surface area (Å²) in [6, 6.07) is 0. The summed E-state index contributed by atoms with van der Waals surface area (Å²) in [7, 11) is 1.94. The van der Waals surface area contributed by atoms with Crippen LogP contribution in [0.5, 0.6) is 0 Å². The molecule has 0 aliphatic carbocycles. The molecule has 0 aliphatic rings. The molecule has 3 heteroatoms. The predicted octanol–water partition coefficient (Wildman–Crippen LogP) is 0.345. The molecule has 0 aromatic carbocycles. The topological polar surface area (TPSA) is 38.0 Å². The quantitative estimate of drug-likeness (QED) is 0.657. The Labute approximate surface area is 60.3 Å². The summed E-state index contributed by atoms with van der Waals surface area (Å²) < 4.78 is 1.91. The highest BCUT2D eigenvalue weighted by atomic mass is 16.2. The van der Waals surface area contributed by atoms with Gasteiger partial charge in [0.15, 0.2) is 0 Å². The van der Waals surface area contributed by atoms with E-state index in [1.54, 1.807) is 6.33 Å². The van der Waals surface area contributed by atoms with Crippen molar-refractivity contribution in [2.24, 2.45) is 7.05 Å². The van der Waals surface area contributed by atoms with Gasteiger partial charge in [0.25, 0.3) is 0 Å². The Balaban J connectivity index is 2.42. The Hall–Kier alpha value is -0.830. The van der Waals surface area contributed by atoms with Gasteiger partial charge in [-0.15, -0.1) is 0 Å². The zero-order valence-corrected chi connectivity index (χ0v) is 6.12. The Morgan fingerprint density at radius 2 is 2.50 bits per heavy atom. The minimum Gasteiger partial charge on any atom is -0.396 e. The third kappa shape index (κ3) is 1.84. The van der Waals surface area contributed by atoms with Gasteiger partial charge in [-0.05, 0) is 12.8 Å². The first-order chi connectivity index (χ1) is 4.83. The molecule has 0 aliphatic heterocycles. The second kappa shape index (κ2) is 3.37. The maximum atomic E-state index is 8.50. The molecular weight excluding hydrogens is 128 g/mol. The highest BCUT2D eigenvalue weighted by Gasteiger charge is 1.93. The van der Waals surface area contributed by atoms with Crippen LogP contribution in [0, 0.1) is 0 Å². The number of aromatic nitrogens is 2. The molecule has 56 valence electrons. The maximum absolute atomic E-state index is 8.50. The van der Waals surface area contributed by atoms with E-state index in [0.29, 0.717) is 0 Å². The summed E-state index contributed by atoms with van der Waals surface area (Å²) in [5, 5.41) is 8.50. The lowest BCUT2D eigenvalue weighted by atomic mass is 10.3. The third-order valence-electron chi connectivity index (χ3n) is 1.35. The van der Waals surface area contributed by atoms with Crippen molar-refractivity contribution >= 4 is 0 Å². The van der Waals surface area contributed by atoms with Crippen molar-refractivity contribution in [1.29, 1.82) is 0 Å². The molecule has 0 fully saturated rings. The molecule has 1 heterocycles. The van der Waals surface area contributed by atoms with E-state index >= 15 is 0 Å². The van der Waals surface area contributed by atoms with Crippen molar-refractivity contribution in [3.8, 4) is 0 Å². The second-order valence-electron chi connectivity index (χ2n) is 2.36. The SMILES string of the molecule is Cn1cnc(CCCO)c1. The molecule has 0 atom stereocenters. The Morgan fingerprint density at radius 1 is 1.70 bits per heavy atom. The fourth-order valence-electron chi connectivity index (χ4n) is 0.856. The summed E-state index contributed by atoms with van der Waals surface area (Å²) in [6.07, 6.45) is 5.41. The summed E-state index contributed by atoms with van der Waals surface area (Å²) in [6.45, 7) is 0.247. The van der Waals surface area contributed by atoms with Crippen LogP contribution in [0.4, 0.5) is 0 Å². The van der Waals surface area contributed by atoms with Crippen molar-refractivity contribution in [2.75, 3.05) is 6.61 Å². The lowest BCUT2D eigenvalue weighted by molar-refractivity contribution is 0.288. The first-order valence-electron chi connectivity index (χ1n) is 3.40. The van der Waals surface area contributed by atoms with E-state index in [4.69, 9.17) is 5.11 Å². The normalized spacial score (nSPS) is 10.2. The summed E-state index contributed by atoms with van der Waals surface area (Å²) >= 11 is 0. The molecule has 1 N–H and O–H groups in total. The van der Waals surface area contributed by atoms with E-state index in [9.17, 15) is 0 Å².